The van der Waals surface area contributed by atoms with Crippen molar-refractivity contribution in [3.8, 4) is 0 Å². The molecule has 0 bridgehead atoms. The van der Waals surface area contributed by atoms with E-state index in [9.17, 15) is 13.2 Å². The van der Waals surface area contributed by atoms with E-state index < -0.39 is 10.0 Å². The van der Waals surface area contributed by atoms with Gasteiger partial charge in [-0.2, -0.15) is 0 Å². The van der Waals surface area contributed by atoms with Gasteiger partial charge in [0, 0.05) is 23.3 Å². The van der Waals surface area contributed by atoms with Crippen molar-refractivity contribution in [1.29, 1.82) is 0 Å². The van der Waals surface area contributed by atoms with Crippen LogP contribution in [0.1, 0.15) is 16.1 Å². The van der Waals surface area contributed by atoms with E-state index >= 15 is 0 Å². The molecule has 0 N–H and O–H groups in total. The van der Waals surface area contributed by atoms with E-state index in [2.05, 4.69) is 9.97 Å². The summed E-state index contributed by atoms with van der Waals surface area (Å²) in [4.78, 5) is 20.7. The second kappa shape index (κ2) is 7.18. The predicted molar refractivity (Wildman–Crippen MR) is 106 cm³/mol. The number of benzene rings is 2. The number of aromatic nitrogens is 3. The Balaban J connectivity index is 1.73. The summed E-state index contributed by atoms with van der Waals surface area (Å²) in [5.41, 5.74) is 1.33. The van der Waals surface area contributed by atoms with Crippen LogP contribution in [0, 0.1) is 0 Å². The smallest absolute Gasteiger partial charge is 0.268 e. The quantitative estimate of drug-likeness (QED) is 0.369. The van der Waals surface area contributed by atoms with Crippen LogP contribution in [0.4, 0.5) is 0 Å². The molecule has 8 heteroatoms. The lowest BCUT2D eigenvalue weighted by molar-refractivity contribution is 0.0992. The molecule has 6 nitrogen and oxygen atoms in total. The number of ketones is 1. The Labute approximate surface area is 166 Å². The highest BCUT2D eigenvalue weighted by atomic mass is 35.5. The average molecular weight is 412 g/mol. The lowest BCUT2D eigenvalue weighted by atomic mass is 10.1. The van der Waals surface area contributed by atoms with Gasteiger partial charge >= 0.3 is 0 Å². The fourth-order valence-corrected chi connectivity index (χ4v) is 4.46. The van der Waals surface area contributed by atoms with Gasteiger partial charge in [0.1, 0.15) is 0 Å². The standard InChI is InChI=1S/C20H14ClN3O3S/c21-20-22-10-8-16(23-20)13-19(25)15-7-6-14-9-11-24(18(14)12-15)28(26,27)17-4-2-1-3-5-17/h1-12H,13H2. The molecule has 0 spiro atoms. The van der Waals surface area contributed by atoms with Crippen LogP contribution < -0.4 is 0 Å². The van der Waals surface area contributed by atoms with Gasteiger partial charge in [0.25, 0.3) is 10.0 Å². The van der Waals surface area contributed by atoms with Crippen LogP contribution in [0.25, 0.3) is 10.9 Å². The highest BCUT2D eigenvalue weighted by molar-refractivity contribution is 7.90. The third-order valence-corrected chi connectivity index (χ3v) is 6.19. The first-order chi connectivity index (χ1) is 13.4. The first-order valence-corrected chi connectivity index (χ1v) is 10.2. The Morgan fingerprint density at radius 1 is 1.04 bits per heavy atom. The third-order valence-electron chi connectivity index (χ3n) is 4.30. The maximum Gasteiger partial charge on any atom is 0.268 e. The van der Waals surface area contributed by atoms with Crippen LogP contribution in [0.5, 0.6) is 0 Å². The molecule has 0 radical (unpaired) electrons. The minimum atomic E-state index is -3.76. The lowest BCUT2D eigenvalue weighted by Crippen LogP contribution is -2.12. The second-order valence-electron chi connectivity index (χ2n) is 6.12. The summed E-state index contributed by atoms with van der Waals surface area (Å²) in [6, 6.07) is 16.5. The first kappa shape index (κ1) is 18.3. The fourth-order valence-electron chi connectivity index (χ4n) is 2.93. The molecule has 0 amide bonds. The number of halogens is 1. The van der Waals surface area contributed by atoms with Crippen LogP contribution in [0.2, 0.25) is 5.28 Å². The van der Waals surface area contributed by atoms with Crippen molar-refractivity contribution >= 4 is 38.3 Å². The van der Waals surface area contributed by atoms with E-state index in [0.29, 0.717) is 16.8 Å². The van der Waals surface area contributed by atoms with E-state index in [1.165, 1.54) is 28.5 Å². The molecule has 0 aliphatic rings. The zero-order valence-electron chi connectivity index (χ0n) is 14.5. The molecule has 0 atom stereocenters. The second-order valence-corrected chi connectivity index (χ2v) is 8.27. The fraction of sp³-hybridized carbons (Fsp3) is 0.0500. The highest BCUT2D eigenvalue weighted by Gasteiger charge is 2.19. The van der Waals surface area contributed by atoms with Gasteiger partial charge in [0.2, 0.25) is 5.28 Å². The summed E-state index contributed by atoms with van der Waals surface area (Å²) in [6.45, 7) is 0. The molecule has 0 saturated carbocycles. The highest BCUT2D eigenvalue weighted by Crippen LogP contribution is 2.24. The number of hydrogen-bond donors (Lipinski definition) is 0. The molecule has 2 heterocycles. The maximum atomic E-state index is 13.0. The molecule has 0 aliphatic carbocycles. The van der Waals surface area contributed by atoms with Crippen LogP contribution in [0.3, 0.4) is 0 Å². The van der Waals surface area contributed by atoms with Gasteiger partial charge in [-0.15, -0.1) is 0 Å². The molecule has 4 rings (SSSR count). The van der Waals surface area contributed by atoms with E-state index in [0.717, 1.165) is 5.39 Å². The minimum absolute atomic E-state index is 0.0416. The Morgan fingerprint density at radius 3 is 2.57 bits per heavy atom. The summed E-state index contributed by atoms with van der Waals surface area (Å²) in [6.07, 6.45) is 3.02. The first-order valence-electron chi connectivity index (χ1n) is 8.37. The number of rotatable bonds is 5. The van der Waals surface area contributed by atoms with E-state index in [-0.39, 0.29) is 22.4 Å². The van der Waals surface area contributed by atoms with Crippen molar-refractivity contribution in [3.05, 3.63) is 89.6 Å². The van der Waals surface area contributed by atoms with Crippen molar-refractivity contribution in [2.75, 3.05) is 0 Å². The molecular formula is C20H14ClN3O3S. The minimum Gasteiger partial charge on any atom is -0.294 e. The van der Waals surface area contributed by atoms with E-state index in [4.69, 9.17) is 11.6 Å². The molecule has 0 saturated heterocycles. The van der Waals surface area contributed by atoms with Gasteiger partial charge in [-0.1, -0.05) is 30.3 Å². The van der Waals surface area contributed by atoms with Gasteiger partial charge in [-0.25, -0.2) is 22.4 Å². The van der Waals surface area contributed by atoms with Gasteiger partial charge in [0.05, 0.1) is 22.5 Å². The van der Waals surface area contributed by atoms with E-state index in [1.807, 2.05) is 0 Å². The summed E-state index contributed by atoms with van der Waals surface area (Å²) in [5, 5.41) is 0.796. The predicted octanol–water partition coefficient (Wildman–Crippen LogP) is 3.75. The topological polar surface area (TPSA) is 81.9 Å². The number of carbonyl (C=O) groups excluding carboxylic acids is 1. The van der Waals surface area contributed by atoms with Gasteiger partial charge in [0.15, 0.2) is 5.78 Å². The average Bonchev–Trinajstić information content (AvgIpc) is 3.12. The zero-order chi connectivity index (χ0) is 19.7. The van der Waals surface area contributed by atoms with E-state index in [1.54, 1.807) is 48.5 Å². The van der Waals surface area contributed by atoms with Crippen LogP contribution in [-0.2, 0) is 16.4 Å². The van der Waals surface area contributed by atoms with Crippen molar-refractivity contribution in [2.45, 2.75) is 11.3 Å². The summed E-state index contributed by atoms with van der Waals surface area (Å²) >= 11 is 5.76. The van der Waals surface area contributed by atoms with Crippen LogP contribution in [-0.4, -0.2) is 28.1 Å². The lowest BCUT2D eigenvalue weighted by Gasteiger charge is -2.08. The normalized spacial score (nSPS) is 11.6. The number of nitrogens with zero attached hydrogens (tertiary/aromatic N) is 3. The van der Waals surface area contributed by atoms with Gasteiger partial charge in [-0.05, 0) is 41.9 Å². The van der Waals surface area contributed by atoms with Crippen LogP contribution >= 0.6 is 11.6 Å². The number of fused-ring (bicyclic) bond motifs is 1. The molecule has 4 aromatic rings. The van der Waals surface area contributed by atoms with Gasteiger partial charge < -0.3 is 0 Å². The monoisotopic (exact) mass is 411 g/mol. The third kappa shape index (κ3) is 3.42. The molecular weight excluding hydrogens is 398 g/mol. The summed E-state index contributed by atoms with van der Waals surface area (Å²) in [5.74, 6) is -0.193. The Morgan fingerprint density at radius 2 is 1.82 bits per heavy atom. The number of hydrogen-bond acceptors (Lipinski definition) is 5. The van der Waals surface area contributed by atoms with Gasteiger partial charge in [-0.3, -0.25) is 4.79 Å². The maximum absolute atomic E-state index is 13.0. The van der Waals surface area contributed by atoms with Crippen molar-refractivity contribution in [2.24, 2.45) is 0 Å². The largest absolute Gasteiger partial charge is 0.294 e. The molecule has 140 valence electrons. The summed E-state index contributed by atoms with van der Waals surface area (Å²) in [7, 11) is -3.76. The Hall–Kier alpha value is -3.03. The Bertz CT molecular complexity index is 1280. The molecule has 0 aliphatic heterocycles. The van der Waals surface area contributed by atoms with Crippen molar-refractivity contribution in [1.82, 2.24) is 13.9 Å². The Kier molecular flexibility index (Phi) is 4.70. The summed E-state index contributed by atoms with van der Waals surface area (Å²) < 4.78 is 27.1. The zero-order valence-corrected chi connectivity index (χ0v) is 16.1. The molecule has 0 unspecified atom stereocenters. The van der Waals surface area contributed by atoms with Crippen LogP contribution in [0.15, 0.2) is 78.0 Å². The number of carbonyl (C=O) groups is 1. The molecule has 28 heavy (non-hydrogen) atoms. The number of Topliss-reactive ketones (excluding diaryl/α,β-unsaturated/α-hetero) is 1. The molecule has 2 aromatic heterocycles. The molecule has 0 fully saturated rings. The molecule has 2 aromatic carbocycles. The van der Waals surface area contributed by atoms with Crippen molar-refractivity contribution < 1.29 is 13.2 Å². The SMILES string of the molecule is O=C(Cc1ccnc(Cl)n1)c1ccc2ccn(S(=O)(=O)c3ccccc3)c2c1. The van der Waals surface area contributed by atoms with Crippen molar-refractivity contribution in [3.63, 3.8) is 0 Å².